The van der Waals surface area contributed by atoms with Crippen molar-refractivity contribution in [3.63, 3.8) is 0 Å². The third kappa shape index (κ3) is 4.64. The van der Waals surface area contributed by atoms with Gasteiger partial charge in [0.05, 0.1) is 19.1 Å². The number of nitrogens with zero attached hydrogens (tertiary/aromatic N) is 6. The first kappa shape index (κ1) is 20.3. The summed E-state index contributed by atoms with van der Waals surface area (Å²) in [6.45, 7) is 6.86. The molecule has 0 aromatic carbocycles. The first-order valence-electron chi connectivity index (χ1n) is 11.0. The lowest BCUT2D eigenvalue weighted by atomic mass is 9.92. The van der Waals surface area contributed by atoms with E-state index in [1.165, 1.54) is 0 Å². The van der Waals surface area contributed by atoms with Crippen molar-refractivity contribution in [2.45, 2.75) is 31.7 Å². The van der Waals surface area contributed by atoms with Gasteiger partial charge in [-0.25, -0.2) is 9.97 Å². The largest absolute Gasteiger partial charge is 0.378 e. The fourth-order valence-electron chi connectivity index (χ4n) is 4.89. The Morgan fingerprint density at radius 2 is 1.76 bits per heavy atom. The summed E-state index contributed by atoms with van der Waals surface area (Å²) in [6.07, 6.45) is 7.91. The first-order valence-corrected chi connectivity index (χ1v) is 11.0. The number of carbonyl (C=O) groups is 1. The summed E-state index contributed by atoms with van der Waals surface area (Å²) in [5, 5.41) is 0. The molecule has 3 fully saturated rings. The molecule has 8 heteroatoms. The summed E-state index contributed by atoms with van der Waals surface area (Å²) >= 11 is 0. The Hall–Kier alpha value is -1.93. The Bertz CT molecular complexity index is 686. The molecule has 160 valence electrons. The van der Waals surface area contributed by atoms with Crippen molar-refractivity contribution < 1.29 is 9.53 Å². The maximum absolute atomic E-state index is 12.9. The SMILES string of the molecule is CN(C)c1nccnc1N1CCC(N2CCC[C@@H](C(=O)N3CCOCC3)C2)CC1. The molecule has 1 aromatic heterocycles. The van der Waals surface area contributed by atoms with E-state index in [1.54, 1.807) is 12.4 Å². The van der Waals surface area contributed by atoms with Crippen LogP contribution in [0.1, 0.15) is 25.7 Å². The molecule has 0 aliphatic carbocycles. The fraction of sp³-hybridized carbons (Fsp3) is 0.762. The summed E-state index contributed by atoms with van der Waals surface area (Å²) in [4.78, 5) is 31.0. The number of anilines is 2. The average molecular weight is 403 g/mol. The number of amides is 1. The van der Waals surface area contributed by atoms with Gasteiger partial charge in [-0.15, -0.1) is 0 Å². The molecule has 1 aromatic rings. The monoisotopic (exact) mass is 402 g/mol. The molecule has 0 N–H and O–H groups in total. The maximum Gasteiger partial charge on any atom is 0.227 e. The van der Waals surface area contributed by atoms with Crippen molar-refractivity contribution in [2.75, 3.05) is 76.4 Å². The minimum Gasteiger partial charge on any atom is -0.378 e. The molecule has 0 spiro atoms. The topological polar surface area (TPSA) is 65.0 Å². The van der Waals surface area contributed by atoms with Crippen LogP contribution in [0.4, 0.5) is 11.6 Å². The van der Waals surface area contributed by atoms with Gasteiger partial charge in [-0.05, 0) is 32.2 Å². The van der Waals surface area contributed by atoms with E-state index in [0.29, 0.717) is 25.2 Å². The van der Waals surface area contributed by atoms with E-state index in [1.807, 2.05) is 23.9 Å². The molecule has 0 unspecified atom stereocenters. The Kier molecular flexibility index (Phi) is 6.50. The summed E-state index contributed by atoms with van der Waals surface area (Å²) in [5.74, 6) is 2.40. The van der Waals surface area contributed by atoms with E-state index in [4.69, 9.17) is 4.74 Å². The molecular formula is C21H34N6O2. The molecule has 1 amide bonds. The number of carbonyl (C=O) groups excluding carboxylic acids is 1. The molecular weight excluding hydrogens is 368 g/mol. The average Bonchev–Trinajstić information content (AvgIpc) is 2.79. The van der Waals surface area contributed by atoms with E-state index in [0.717, 1.165) is 76.6 Å². The Morgan fingerprint density at radius 3 is 2.48 bits per heavy atom. The molecule has 3 aliphatic rings. The number of hydrogen-bond donors (Lipinski definition) is 0. The molecule has 3 aliphatic heterocycles. The van der Waals surface area contributed by atoms with Gasteiger partial charge < -0.3 is 19.4 Å². The van der Waals surface area contributed by atoms with Crippen LogP contribution >= 0.6 is 0 Å². The number of likely N-dealkylation sites (tertiary alicyclic amines) is 1. The van der Waals surface area contributed by atoms with E-state index in [9.17, 15) is 4.79 Å². The highest BCUT2D eigenvalue weighted by Gasteiger charge is 2.34. The number of rotatable bonds is 4. The Balaban J connectivity index is 1.33. The molecule has 0 radical (unpaired) electrons. The zero-order chi connectivity index (χ0) is 20.2. The highest BCUT2D eigenvalue weighted by Crippen LogP contribution is 2.29. The van der Waals surface area contributed by atoms with Gasteiger partial charge in [0.2, 0.25) is 5.91 Å². The molecule has 0 saturated carbocycles. The maximum atomic E-state index is 12.9. The minimum absolute atomic E-state index is 0.153. The van der Waals surface area contributed by atoms with Gasteiger partial charge in [0.1, 0.15) is 0 Å². The molecule has 3 saturated heterocycles. The van der Waals surface area contributed by atoms with Gasteiger partial charge >= 0.3 is 0 Å². The van der Waals surface area contributed by atoms with Gasteiger partial charge in [-0.3, -0.25) is 9.69 Å². The second kappa shape index (κ2) is 9.26. The van der Waals surface area contributed by atoms with Crippen LogP contribution in [0.2, 0.25) is 0 Å². The lowest BCUT2D eigenvalue weighted by Gasteiger charge is -2.43. The number of aromatic nitrogens is 2. The fourth-order valence-corrected chi connectivity index (χ4v) is 4.89. The second-order valence-corrected chi connectivity index (χ2v) is 8.59. The van der Waals surface area contributed by atoms with Crippen LogP contribution in [-0.4, -0.2) is 98.3 Å². The molecule has 4 rings (SSSR count). The standard InChI is InChI=1S/C21H34N6O2/c1-24(2)19-20(23-8-7-22-19)25-10-5-18(6-11-25)27-9-3-4-17(16-27)21(28)26-12-14-29-15-13-26/h7-8,17-18H,3-6,9-16H2,1-2H3/t17-/m1/s1. The van der Waals surface area contributed by atoms with Gasteiger partial charge in [0.25, 0.3) is 0 Å². The summed E-state index contributed by atoms with van der Waals surface area (Å²) in [7, 11) is 4.03. The lowest BCUT2D eigenvalue weighted by molar-refractivity contribution is -0.141. The predicted molar refractivity (Wildman–Crippen MR) is 113 cm³/mol. The predicted octanol–water partition coefficient (Wildman–Crippen LogP) is 1.08. The molecule has 8 nitrogen and oxygen atoms in total. The second-order valence-electron chi connectivity index (χ2n) is 8.59. The molecule has 0 bridgehead atoms. The summed E-state index contributed by atoms with van der Waals surface area (Å²) < 4.78 is 5.40. The number of ether oxygens (including phenoxy) is 1. The third-order valence-electron chi connectivity index (χ3n) is 6.49. The van der Waals surface area contributed by atoms with Gasteiger partial charge in [0.15, 0.2) is 11.6 Å². The first-order chi connectivity index (χ1) is 14.1. The Morgan fingerprint density at radius 1 is 1.03 bits per heavy atom. The Labute approximate surface area is 173 Å². The number of piperidine rings is 2. The van der Waals surface area contributed by atoms with Gasteiger partial charge in [-0.1, -0.05) is 0 Å². The smallest absolute Gasteiger partial charge is 0.227 e. The van der Waals surface area contributed by atoms with E-state index < -0.39 is 0 Å². The van der Waals surface area contributed by atoms with Gasteiger partial charge in [0, 0.05) is 65.3 Å². The highest BCUT2D eigenvalue weighted by molar-refractivity contribution is 5.79. The molecule has 1 atom stereocenters. The van der Waals surface area contributed by atoms with Crippen LogP contribution in [0, 0.1) is 5.92 Å². The zero-order valence-electron chi connectivity index (χ0n) is 17.8. The van der Waals surface area contributed by atoms with Gasteiger partial charge in [-0.2, -0.15) is 0 Å². The van der Waals surface area contributed by atoms with Crippen LogP contribution in [0.15, 0.2) is 12.4 Å². The van der Waals surface area contributed by atoms with Crippen molar-refractivity contribution in [2.24, 2.45) is 5.92 Å². The number of hydrogen-bond acceptors (Lipinski definition) is 7. The van der Waals surface area contributed by atoms with E-state index in [-0.39, 0.29) is 5.92 Å². The van der Waals surface area contributed by atoms with Crippen LogP contribution in [0.3, 0.4) is 0 Å². The van der Waals surface area contributed by atoms with E-state index >= 15 is 0 Å². The van der Waals surface area contributed by atoms with E-state index in [2.05, 4.69) is 19.8 Å². The summed E-state index contributed by atoms with van der Waals surface area (Å²) in [5.41, 5.74) is 0. The third-order valence-corrected chi connectivity index (χ3v) is 6.49. The van der Waals surface area contributed by atoms with Crippen LogP contribution in [-0.2, 0) is 9.53 Å². The van der Waals surface area contributed by atoms with Crippen LogP contribution in [0.25, 0.3) is 0 Å². The zero-order valence-corrected chi connectivity index (χ0v) is 17.8. The minimum atomic E-state index is 0.153. The highest BCUT2D eigenvalue weighted by atomic mass is 16.5. The van der Waals surface area contributed by atoms with Crippen LogP contribution in [0.5, 0.6) is 0 Å². The van der Waals surface area contributed by atoms with Crippen LogP contribution < -0.4 is 9.80 Å². The van der Waals surface area contributed by atoms with Crippen molar-refractivity contribution in [3.05, 3.63) is 12.4 Å². The lowest BCUT2D eigenvalue weighted by Crippen LogP contribution is -2.52. The van der Waals surface area contributed by atoms with Crippen molar-refractivity contribution in [1.29, 1.82) is 0 Å². The quantitative estimate of drug-likeness (QED) is 0.747. The molecule has 29 heavy (non-hydrogen) atoms. The van der Waals surface area contributed by atoms with Crippen molar-refractivity contribution in [3.8, 4) is 0 Å². The summed E-state index contributed by atoms with van der Waals surface area (Å²) in [6, 6.07) is 0.561. The number of morpholine rings is 1. The normalized spacial score (nSPS) is 24.6. The van der Waals surface area contributed by atoms with Crippen molar-refractivity contribution >= 4 is 17.5 Å². The molecule has 4 heterocycles. The van der Waals surface area contributed by atoms with Crippen molar-refractivity contribution in [1.82, 2.24) is 19.8 Å².